The van der Waals surface area contributed by atoms with Crippen LogP contribution in [0.4, 0.5) is 5.69 Å². The van der Waals surface area contributed by atoms with E-state index < -0.39 is 4.92 Å². The number of carbonyl (C=O) groups is 1. The highest BCUT2D eigenvalue weighted by Gasteiger charge is 2.16. The third-order valence-corrected chi connectivity index (χ3v) is 3.95. The number of ketones is 1. The molecule has 0 bridgehead atoms. The fourth-order valence-corrected chi connectivity index (χ4v) is 2.47. The number of ether oxygens (including phenoxy) is 1. The molecule has 0 spiro atoms. The van der Waals surface area contributed by atoms with Crippen LogP contribution in [-0.2, 0) is 0 Å². The molecule has 0 radical (unpaired) electrons. The van der Waals surface area contributed by atoms with E-state index in [1.165, 1.54) is 24.3 Å². The number of allylic oxidation sites excluding steroid dienone is 1. The predicted molar refractivity (Wildman–Crippen MR) is 104 cm³/mol. The second-order valence-corrected chi connectivity index (χ2v) is 6.04. The number of carbonyl (C=O) groups excluding carboxylic acids is 1. The zero-order valence-corrected chi connectivity index (χ0v) is 14.8. The smallest absolute Gasteiger partial charge is 0.269 e. The normalized spacial score (nSPS) is 11.1. The van der Waals surface area contributed by atoms with Gasteiger partial charge in [0.25, 0.3) is 5.69 Å². The standard InChI is InChI=1S/C21H14ClNO4/c22-17-8-6-16(7-9-17)21(24)20(14-15-4-2-1-3-5-15)27-19-12-10-18(11-13-19)23(25)26/h1-14H/b20-14-. The van der Waals surface area contributed by atoms with Crippen LogP contribution in [0.3, 0.4) is 0 Å². The minimum atomic E-state index is -0.497. The molecule has 0 atom stereocenters. The van der Waals surface area contributed by atoms with Crippen molar-refractivity contribution in [1.29, 1.82) is 0 Å². The molecule has 3 rings (SSSR count). The Morgan fingerprint density at radius 1 is 0.926 bits per heavy atom. The van der Waals surface area contributed by atoms with E-state index in [1.54, 1.807) is 30.3 Å². The molecule has 3 aromatic carbocycles. The Bertz CT molecular complexity index is 981. The lowest BCUT2D eigenvalue weighted by Gasteiger charge is -2.10. The Morgan fingerprint density at radius 2 is 1.56 bits per heavy atom. The lowest BCUT2D eigenvalue weighted by molar-refractivity contribution is -0.384. The Hall–Kier alpha value is -3.44. The second kappa shape index (κ2) is 8.29. The summed E-state index contributed by atoms with van der Waals surface area (Å²) in [4.78, 5) is 23.2. The van der Waals surface area contributed by atoms with E-state index in [0.717, 1.165) is 5.56 Å². The van der Waals surface area contributed by atoms with Gasteiger partial charge in [0.1, 0.15) is 5.75 Å². The molecule has 3 aromatic rings. The van der Waals surface area contributed by atoms with Gasteiger partial charge in [0.2, 0.25) is 5.78 Å². The van der Waals surface area contributed by atoms with Crippen LogP contribution < -0.4 is 4.74 Å². The first kappa shape index (κ1) is 18.4. The summed E-state index contributed by atoms with van der Waals surface area (Å²) in [7, 11) is 0. The molecule has 0 unspecified atom stereocenters. The minimum absolute atomic E-state index is 0.0556. The molecule has 134 valence electrons. The lowest BCUT2D eigenvalue weighted by atomic mass is 10.1. The molecule has 0 aliphatic rings. The number of hydrogen-bond acceptors (Lipinski definition) is 4. The van der Waals surface area contributed by atoms with Gasteiger partial charge in [-0.2, -0.15) is 0 Å². The zero-order valence-electron chi connectivity index (χ0n) is 14.0. The van der Waals surface area contributed by atoms with Crippen molar-refractivity contribution in [3.8, 4) is 5.75 Å². The van der Waals surface area contributed by atoms with Crippen LogP contribution in [0.25, 0.3) is 6.08 Å². The van der Waals surface area contributed by atoms with Crippen LogP contribution in [0.1, 0.15) is 15.9 Å². The average molecular weight is 380 g/mol. The van der Waals surface area contributed by atoms with Crippen molar-refractivity contribution in [3.05, 3.63) is 111 Å². The summed E-state index contributed by atoms with van der Waals surface area (Å²) in [5, 5.41) is 11.3. The highest BCUT2D eigenvalue weighted by atomic mass is 35.5. The predicted octanol–water partition coefficient (Wildman–Crippen LogP) is 5.55. The maximum absolute atomic E-state index is 12.9. The number of nitro benzene ring substituents is 1. The first-order valence-electron chi connectivity index (χ1n) is 8.02. The molecule has 0 amide bonds. The molecule has 6 heteroatoms. The number of hydrogen-bond donors (Lipinski definition) is 0. The quantitative estimate of drug-likeness (QED) is 0.185. The van der Waals surface area contributed by atoms with Crippen molar-refractivity contribution in [2.24, 2.45) is 0 Å². The lowest BCUT2D eigenvalue weighted by Crippen LogP contribution is -2.09. The van der Waals surface area contributed by atoms with Gasteiger partial charge in [-0.3, -0.25) is 14.9 Å². The fraction of sp³-hybridized carbons (Fsp3) is 0. The molecule has 0 N–H and O–H groups in total. The first-order valence-corrected chi connectivity index (χ1v) is 8.40. The Morgan fingerprint density at radius 3 is 2.15 bits per heavy atom. The Labute approximate surface area is 160 Å². The van der Waals surface area contributed by atoms with Gasteiger partial charge in [-0.05, 0) is 48.0 Å². The molecule has 0 heterocycles. The third kappa shape index (κ3) is 4.80. The molecule has 0 aliphatic heterocycles. The van der Waals surface area contributed by atoms with E-state index in [-0.39, 0.29) is 17.2 Å². The van der Waals surface area contributed by atoms with Gasteiger partial charge in [0.15, 0.2) is 5.76 Å². The Balaban J connectivity index is 1.94. The topological polar surface area (TPSA) is 69.4 Å². The number of Topliss-reactive ketones (excluding diaryl/α,β-unsaturated/α-hetero) is 1. The largest absolute Gasteiger partial charge is 0.453 e. The molecule has 0 fully saturated rings. The van der Waals surface area contributed by atoms with Crippen LogP contribution >= 0.6 is 11.6 Å². The summed E-state index contributed by atoms with van der Waals surface area (Å²) in [6, 6.07) is 21.3. The van der Waals surface area contributed by atoms with Gasteiger partial charge in [0.05, 0.1) is 4.92 Å². The van der Waals surface area contributed by atoms with Crippen LogP contribution in [0.15, 0.2) is 84.6 Å². The summed E-state index contributed by atoms with van der Waals surface area (Å²) in [6.07, 6.45) is 1.62. The van der Waals surface area contributed by atoms with Crippen LogP contribution in [0, 0.1) is 10.1 Å². The summed E-state index contributed by atoms with van der Waals surface area (Å²) in [5.74, 6) is 0.0938. The molecule has 0 aliphatic carbocycles. The number of halogens is 1. The monoisotopic (exact) mass is 379 g/mol. The van der Waals surface area contributed by atoms with Crippen LogP contribution in [-0.4, -0.2) is 10.7 Å². The Kier molecular flexibility index (Phi) is 5.64. The summed E-state index contributed by atoms with van der Waals surface area (Å²) < 4.78 is 5.76. The van der Waals surface area contributed by atoms with E-state index in [1.807, 2.05) is 30.3 Å². The molecule has 0 aromatic heterocycles. The van der Waals surface area contributed by atoms with Crippen LogP contribution in [0.2, 0.25) is 5.02 Å². The van der Waals surface area contributed by atoms with E-state index >= 15 is 0 Å². The summed E-state index contributed by atoms with van der Waals surface area (Å²) in [5.41, 5.74) is 1.15. The highest BCUT2D eigenvalue weighted by Crippen LogP contribution is 2.23. The van der Waals surface area contributed by atoms with E-state index in [9.17, 15) is 14.9 Å². The second-order valence-electron chi connectivity index (χ2n) is 5.61. The number of rotatable bonds is 6. The number of nitro groups is 1. The SMILES string of the molecule is O=C(/C(=C/c1ccccc1)Oc1ccc([N+](=O)[O-])cc1)c1ccc(Cl)cc1. The van der Waals surface area contributed by atoms with Crippen molar-refractivity contribution in [3.63, 3.8) is 0 Å². The molecule has 0 saturated carbocycles. The van der Waals surface area contributed by atoms with Gasteiger partial charge in [0, 0.05) is 22.7 Å². The molecule has 27 heavy (non-hydrogen) atoms. The molecular formula is C21H14ClNO4. The van der Waals surface area contributed by atoms with Gasteiger partial charge in [-0.15, -0.1) is 0 Å². The van der Waals surface area contributed by atoms with Crippen molar-refractivity contribution >= 4 is 29.1 Å². The van der Waals surface area contributed by atoms with Crippen molar-refractivity contribution in [2.45, 2.75) is 0 Å². The van der Waals surface area contributed by atoms with Gasteiger partial charge < -0.3 is 4.74 Å². The van der Waals surface area contributed by atoms with Crippen molar-refractivity contribution in [1.82, 2.24) is 0 Å². The number of non-ortho nitro benzene ring substituents is 1. The summed E-state index contributed by atoms with van der Waals surface area (Å²) in [6.45, 7) is 0. The van der Waals surface area contributed by atoms with Crippen molar-refractivity contribution in [2.75, 3.05) is 0 Å². The van der Waals surface area contributed by atoms with Gasteiger partial charge >= 0.3 is 0 Å². The number of nitrogens with zero attached hydrogens (tertiary/aromatic N) is 1. The maximum Gasteiger partial charge on any atom is 0.269 e. The minimum Gasteiger partial charge on any atom is -0.453 e. The maximum atomic E-state index is 12.9. The molecule has 0 saturated heterocycles. The fourth-order valence-electron chi connectivity index (χ4n) is 2.35. The van der Waals surface area contributed by atoms with Crippen LogP contribution in [0.5, 0.6) is 5.75 Å². The average Bonchev–Trinajstić information content (AvgIpc) is 2.69. The molecular weight excluding hydrogens is 366 g/mol. The van der Waals surface area contributed by atoms with Gasteiger partial charge in [-0.1, -0.05) is 41.9 Å². The third-order valence-electron chi connectivity index (χ3n) is 3.70. The highest BCUT2D eigenvalue weighted by molar-refractivity contribution is 6.30. The van der Waals surface area contributed by atoms with Gasteiger partial charge in [-0.25, -0.2) is 0 Å². The van der Waals surface area contributed by atoms with Crippen molar-refractivity contribution < 1.29 is 14.5 Å². The number of benzene rings is 3. The van der Waals surface area contributed by atoms with E-state index in [2.05, 4.69) is 0 Å². The first-order chi connectivity index (χ1) is 13.0. The molecule has 5 nitrogen and oxygen atoms in total. The van der Waals surface area contributed by atoms with E-state index in [4.69, 9.17) is 16.3 Å². The van der Waals surface area contributed by atoms with E-state index in [0.29, 0.717) is 16.3 Å². The summed E-state index contributed by atoms with van der Waals surface area (Å²) >= 11 is 5.88. The zero-order chi connectivity index (χ0) is 19.2.